The summed E-state index contributed by atoms with van der Waals surface area (Å²) >= 11 is 6.71. The molecule has 0 fully saturated rings. The molecule has 0 aliphatic heterocycles. The number of rotatable bonds is 4. The van der Waals surface area contributed by atoms with Gasteiger partial charge in [0.15, 0.2) is 0 Å². The fraction of sp³-hybridized carbons (Fsp3) is 0.143. The van der Waals surface area contributed by atoms with Crippen LogP contribution in [0.4, 0.5) is 4.39 Å². The van der Waals surface area contributed by atoms with E-state index in [9.17, 15) is 4.39 Å². The molecule has 19 heavy (non-hydrogen) atoms. The molecule has 0 radical (unpaired) electrons. The first kappa shape index (κ1) is 14.5. The maximum atomic E-state index is 13.0. The fourth-order valence-corrected chi connectivity index (χ4v) is 2.41. The van der Waals surface area contributed by atoms with Gasteiger partial charge in [-0.3, -0.25) is 0 Å². The summed E-state index contributed by atoms with van der Waals surface area (Å²) in [6.07, 6.45) is 0. The number of nitrogens with one attached hydrogen (secondary N) is 1. The van der Waals surface area contributed by atoms with Crippen molar-refractivity contribution in [3.8, 4) is 11.5 Å². The van der Waals surface area contributed by atoms with Crippen LogP contribution in [0.2, 0.25) is 0 Å². The quantitative estimate of drug-likeness (QED) is 0.807. The van der Waals surface area contributed by atoms with Crippen molar-refractivity contribution in [2.24, 2.45) is 0 Å². The van der Waals surface area contributed by atoms with E-state index in [1.54, 1.807) is 6.07 Å². The number of hydrogen-bond donors (Lipinski definition) is 1. The van der Waals surface area contributed by atoms with Crippen LogP contribution in [-0.2, 0) is 6.54 Å². The van der Waals surface area contributed by atoms with E-state index < -0.39 is 0 Å². The van der Waals surface area contributed by atoms with Crippen LogP contribution in [0, 0.1) is 5.82 Å². The highest BCUT2D eigenvalue weighted by molar-refractivity contribution is 9.10. The lowest BCUT2D eigenvalue weighted by molar-refractivity contribution is 0.469. The Morgan fingerprint density at radius 2 is 1.89 bits per heavy atom. The third-order valence-corrected chi connectivity index (χ3v) is 3.62. The lowest BCUT2D eigenvalue weighted by Crippen LogP contribution is -2.06. The molecule has 0 aliphatic carbocycles. The Balaban J connectivity index is 2.33. The molecule has 0 amide bonds. The smallest absolute Gasteiger partial charge is 0.141 e. The highest BCUT2D eigenvalue weighted by Gasteiger charge is 2.08. The molecule has 0 heterocycles. The molecule has 0 saturated heterocycles. The Morgan fingerprint density at radius 3 is 2.58 bits per heavy atom. The first-order valence-electron chi connectivity index (χ1n) is 5.66. The van der Waals surface area contributed by atoms with E-state index in [1.807, 2.05) is 25.2 Å². The molecule has 2 aromatic carbocycles. The highest BCUT2D eigenvalue weighted by atomic mass is 79.9. The van der Waals surface area contributed by atoms with Crippen LogP contribution in [0.15, 0.2) is 45.3 Å². The molecule has 0 saturated carbocycles. The molecule has 100 valence electrons. The van der Waals surface area contributed by atoms with E-state index in [4.69, 9.17) is 4.74 Å². The van der Waals surface area contributed by atoms with Gasteiger partial charge in [-0.05, 0) is 53.3 Å². The average molecular weight is 389 g/mol. The van der Waals surface area contributed by atoms with Crippen molar-refractivity contribution in [1.82, 2.24) is 5.32 Å². The van der Waals surface area contributed by atoms with Crippen LogP contribution in [0.3, 0.4) is 0 Å². The van der Waals surface area contributed by atoms with Gasteiger partial charge >= 0.3 is 0 Å². The van der Waals surface area contributed by atoms with Gasteiger partial charge in [0, 0.05) is 16.6 Å². The van der Waals surface area contributed by atoms with E-state index in [2.05, 4.69) is 37.2 Å². The van der Waals surface area contributed by atoms with Crippen molar-refractivity contribution in [3.05, 3.63) is 56.7 Å². The highest BCUT2D eigenvalue weighted by Crippen LogP contribution is 2.33. The first-order valence-corrected chi connectivity index (χ1v) is 7.24. The molecule has 0 aliphatic rings. The van der Waals surface area contributed by atoms with Gasteiger partial charge in [-0.1, -0.05) is 22.0 Å². The van der Waals surface area contributed by atoms with Crippen molar-refractivity contribution in [3.63, 3.8) is 0 Å². The molecule has 5 heteroatoms. The van der Waals surface area contributed by atoms with Gasteiger partial charge in [0.05, 0.1) is 4.47 Å². The summed E-state index contributed by atoms with van der Waals surface area (Å²) in [5.41, 5.74) is 1.03. The minimum absolute atomic E-state index is 0.302. The molecular weight excluding hydrogens is 377 g/mol. The van der Waals surface area contributed by atoms with E-state index in [0.717, 1.165) is 15.8 Å². The van der Waals surface area contributed by atoms with Gasteiger partial charge in [0.1, 0.15) is 17.3 Å². The third-order valence-electron chi connectivity index (χ3n) is 2.51. The summed E-state index contributed by atoms with van der Waals surface area (Å²) in [5, 5.41) is 3.09. The zero-order valence-electron chi connectivity index (χ0n) is 10.2. The standard InChI is InChI=1S/C14H12Br2FNO/c1-18-8-9-2-3-10(15)6-14(9)19-13-5-4-11(17)7-12(13)16/h2-7,18H,8H2,1H3. The average Bonchev–Trinajstić information content (AvgIpc) is 2.36. The number of halogens is 3. The minimum atomic E-state index is -0.302. The maximum Gasteiger partial charge on any atom is 0.141 e. The predicted molar refractivity (Wildman–Crippen MR) is 81.1 cm³/mol. The largest absolute Gasteiger partial charge is 0.456 e. The Morgan fingerprint density at radius 1 is 1.11 bits per heavy atom. The molecule has 0 unspecified atom stereocenters. The maximum absolute atomic E-state index is 13.0. The second kappa shape index (κ2) is 6.50. The molecule has 0 spiro atoms. The number of benzene rings is 2. The van der Waals surface area contributed by atoms with Crippen LogP contribution < -0.4 is 10.1 Å². The predicted octanol–water partition coefficient (Wildman–Crippen LogP) is 4.86. The Hall–Kier alpha value is -0.910. The summed E-state index contributed by atoms with van der Waals surface area (Å²) in [6, 6.07) is 10.2. The van der Waals surface area contributed by atoms with Gasteiger partial charge in [-0.2, -0.15) is 0 Å². The summed E-state index contributed by atoms with van der Waals surface area (Å²) in [5.74, 6) is 1.01. The third kappa shape index (κ3) is 3.78. The van der Waals surface area contributed by atoms with Crippen LogP contribution in [0.1, 0.15) is 5.56 Å². The Kier molecular flexibility index (Phi) is 4.96. The lowest BCUT2D eigenvalue weighted by atomic mass is 10.2. The van der Waals surface area contributed by atoms with Crippen molar-refractivity contribution in [2.75, 3.05) is 7.05 Å². The molecule has 2 rings (SSSR count). The van der Waals surface area contributed by atoms with E-state index in [0.29, 0.717) is 16.8 Å². The SMILES string of the molecule is CNCc1ccc(Br)cc1Oc1ccc(F)cc1Br. The molecule has 1 N–H and O–H groups in total. The minimum Gasteiger partial charge on any atom is -0.456 e. The zero-order chi connectivity index (χ0) is 13.8. The zero-order valence-corrected chi connectivity index (χ0v) is 13.4. The van der Waals surface area contributed by atoms with Crippen molar-refractivity contribution in [1.29, 1.82) is 0 Å². The van der Waals surface area contributed by atoms with Crippen LogP contribution >= 0.6 is 31.9 Å². The fourth-order valence-electron chi connectivity index (χ4n) is 1.64. The van der Waals surface area contributed by atoms with Crippen LogP contribution in [0.25, 0.3) is 0 Å². The Bertz CT molecular complexity index is 590. The summed E-state index contributed by atoms with van der Waals surface area (Å²) in [4.78, 5) is 0. The molecule has 0 atom stereocenters. The van der Waals surface area contributed by atoms with Crippen molar-refractivity contribution < 1.29 is 9.13 Å². The van der Waals surface area contributed by atoms with Gasteiger partial charge in [0.25, 0.3) is 0 Å². The first-order chi connectivity index (χ1) is 9.10. The summed E-state index contributed by atoms with van der Waals surface area (Å²) < 4.78 is 20.4. The van der Waals surface area contributed by atoms with Crippen molar-refractivity contribution >= 4 is 31.9 Å². The molecular formula is C14H12Br2FNO. The monoisotopic (exact) mass is 387 g/mol. The second-order valence-corrected chi connectivity index (χ2v) is 5.73. The van der Waals surface area contributed by atoms with E-state index in [-0.39, 0.29) is 5.82 Å². The molecule has 2 nitrogen and oxygen atoms in total. The molecule has 0 aromatic heterocycles. The lowest BCUT2D eigenvalue weighted by Gasteiger charge is -2.12. The second-order valence-electron chi connectivity index (χ2n) is 3.96. The van der Waals surface area contributed by atoms with E-state index >= 15 is 0 Å². The topological polar surface area (TPSA) is 21.3 Å². The molecule has 0 bridgehead atoms. The summed E-state index contributed by atoms with van der Waals surface area (Å²) in [7, 11) is 1.87. The van der Waals surface area contributed by atoms with Crippen LogP contribution in [0.5, 0.6) is 11.5 Å². The van der Waals surface area contributed by atoms with Gasteiger partial charge < -0.3 is 10.1 Å². The van der Waals surface area contributed by atoms with Crippen molar-refractivity contribution in [2.45, 2.75) is 6.54 Å². The Labute approximate surface area is 128 Å². The van der Waals surface area contributed by atoms with Gasteiger partial charge in [0.2, 0.25) is 0 Å². The normalized spacial score (nSPS) is 10.5. The van der Waals surface area contributed by atoms with Gasteiger partial charge in [-0.15, -0.1) is 0 Å². The van der Waals surface area contributed by atoms with E-state index in [1.165, 1.54) is 12.1 Å². The molecule has 2 aromatic rings. The van der Waals surface area contributed by atoms with Crippen LogP contribution in [-0.4, -0.2) is 7.05 Å². The number of hydrogen-bond acceptors (Lipinski definition) is 2. The summed E-state index contributed by atoms with van der Waals surface area (Å²) in [6.45, 7) is 0.696. The van der Waals surface area contributed by atoms with Gasteiger partial charge in [-0.25, -0.2) is 4.39 Å². The number of ether oxygens (including phenoxy) is 1.